The largest absolute Gasteiger partial charge is 0.449 e. The first-order chi connectivity index (χ1) is 9.77. The van der Waals surface area contributed by atoms with Gasteiger partial charge in [0.1, 0.15) is 0 Å². The number of benzene rings is 2. The van der Waals surface area contributed by atoms with Crippen LogP contribution in [0.5, 0.6) is 0 Å². The van der Waals surface area contributed by atoms with Crippen molar-refractivity contribution in [3.63, 3.8) is 0 Å². The average Bonchev–Trinajstić information content (AvgIpc) is 2.87. The highest BCUT2D eigenvalue weighted by molar-refractivity contribution is 6.06. The fourth-order valence-corrected chi connectivity index (χ4v) is 1.96. The van der Waals surface area contributed by atoms with E-state index in [1.165, 1.54) is 0 Å². The van der Waals surface area contributed by atoms with Crippen LogP contribution in [0, 0.1) is 46.5 Å². The summed E-state index contributed by atoms with van der Waals surface area (Å²) < 4.78 is 111. The van der Waals surface area contributed by atoms with Crippen LogP contribution in [0.3, 0.4) is 0 Å². The molecule has 3 rings (SSSR count). The van der Waals surface area contributed by atoms with Gasteiger partial charge in [-0.3, -0.25) is 0 Å². The second-order valence-electron chi connectivity index (χ2n) is 4.02. The quantitative estimate of drug-likeness (QED) is 0.333. The van der Waals surface area contributed by atoms with Crippen molar-refractivity contribution in [2.75, 3.05) is 0 Å². The van der Waals surface area contributed by atoms with E-state index in [9.17, 15) is 35.1 Å². The SMILES string of the molecule is Fc1c(F)c(F)c2c(oc3c(F)c(F)c(F)c(F)c32)c1F. The highest BCUT2D eigenvalue weighted by Gasteiger charge is 2.31. The Morgan fingerprint density at radius 3 is 1.00 bits per heavy atom. The van der Waals surface area contributed by atoms with Gasteiger partial charge >= 0.3 is 0 Å². The molecule has 1 nitrogen and oxygen atoms in total. The molecule has 0 atom stereocenters. The number of rotatable bonds is 0. The fourth-order valence-electron chi connectivity index (χ4n) is 1.96. The van der Waals surface area contributed by atoms with Gasteiger partial charge in [0, 0.05) is 0 Å². The zero-order valence-electron chi connectivity index (χ0n) is 9.43. The zero-order valence-corrected chi connectivity index (χ0v) is 9.43. The predicted molar refractivity (Wildman–Crippen MR) is 53.4 cm³/mol. The Balaban J connectivity index is 2.73. The van der Waals surface area contributed by atoms with Crippen molar-refractivity contribution in [2.24, 2.45) is 0 Å². The zero-order chi connectivity index (χ0) is 15.6. The number of hydrogen-bond acceptors (Lipinski definition) is 1. The van der Waals surface area contributed by atoms with Crippen molar-refractivity contribution in [3.8, 4) is 0 Å². The number of fused-ring (bicyclic) bond motifs is 3. The van der Waals surface area contributed by atoms with Crippen LogP contribution in [0.1, 0.15) is 0 Å². The minimum atomic E-state index is -2.33. The standard InChI is InChI=1S/C12F8O/c13-3-1-2-4(14)6(16)8(18)10(20)12(2)21-11(1)9(19)7(17)5(3)15. The van der Waals surface area contributed by atoms with Gasteiger partial charge in [-0.05, 0) is 0 Å². The maximum Gasteiger partial charge on any atom is 0.205 e. The first kappa shape index (κ1) is 13.7. The van der Waals surface area contributed by atoms with Gasteiger partial charge in [0.05, 0.1) is 10.8 Å². The van der Waals surface area contributed by atoms with Crippen LogP contribution in [0.15, 0.2) is 4.42 Å². The van der Waals surface area contributed by atoms with Crippen molar-refractivity contribution in [3.05, 3.63) is 46.5 Å². The van der Waals surface area contributed by atoms with Crippen molar-refractivity contribution >= 4 is 21.9 Å². The lowest BCUT2D eigenvalue weighted by Gasteiger charge is -2.00. The molecule has 0 aliphatic carbocycles. The molecule has 9 heteroatoms. The lowest BCUT2D eigenvalue weighted by molar-refractivity contribution is 0.407. The van der Waals surface area contributed by atoms with E-state index in [0.29, 0.717) is 0 Å². The van der Waals surface area contributed by atoms with Crippen LogP contribution in [0.25, 0.3) is 21.9 Å². The Morgan fingerprint density at radius 1 is 0.381 bits per heavy atom. The fraction of sp³-hybridized carbons (Fsp3) is 0. The molecule has 0 aliphatic rings. The van der Waals surface area contributed by atoms with E-state index in [2.05, 4.69) is 4.42 Å². The summed E-state index contributed by atoms with van der Waals surface area (Å²) in [4.78, 5) is 0. The second kappa shape index (κ2) is 4.09. The highest BCUT2D eigenvalue weighted by Crippen LogP contribution is 2.39. The van der Waals surface area contributed by atoms with Crippen LogP contribution < -0.4 is 0 Å². The van der Waals surface area contributed by atoms with Gasteiger partial charge in [-0.2, -0.15) is 8.78 Å². The number of halogens is 8. The van der Waals surface area contributed by atoms with Crippen LogP contribution in [-0.2, 0) is 0 Å². The molecule has 0 spiro atoms. The third-order valence-corrected chi connectivity index (χ3v) is 2.90. The van der Waals surface area contributed by atoms with Gasteiger partial charge in [-0.25, -0.2) is 26.3 Å². The molecular formula is C12F8O. The van der Waals surface area contributed by atoms with E-state index in [1.807, 2.05) is 0 Å². The van der Waals surface area contributed by atoms with Gasteiger partial charge in [-0.15, -0.1) is 0 Å². The van der Waals surface area contributed by atoms with E-state index in [-0.39, 0.29) is 0 Å². The molecule has 0 radical (unpaired) electrons. The maximum atomic E-state index is 13.6. The summed E-state index contributed by atoms with van der Waals surface area (Å²) in [6.07, 6.45) is 0. The molecule has 2 aromatic carbocycles. The average molecular weight is 312 g/mol. The van der Waals surface area contributed by atoms with Crippen LogP contribution in [-0.4, -0.2) is 0 Å². The summed E-state index contributed by atoms with van der Waals surface area (Å²) in [6.45, 7) is 0. The molecule has 1 aromatic heterocycles. The van der Waals surface area contributed by atoms with Gasteiger partial charge < -0.3 is 4.42 Å². The Hall–Kier alpha value is -2.32. The first-order valence-electron chi connectivity index (χ1n) is 5.17. The van der Waals surface area contributed by atoms with E-state index in [4.69, 9.17) is 0 Å². The van der Waals surface area contributed by atoms with E-state index >= 15 is 0 Å². The van der Waals surface area contributed by atoms with Gasteiger partial charge in [0.2, 0.25) is 23.3 Å². The van der Waals surface area contributed by atoms with Crippen molar-refractivity contribution < 1.29 is 39.5 Å². The molecule has 3 aromatic rings. The smallest absolute Gasteiger partial charge is 0.205 e. The molecule has 110 valence electrons. The van der Waals surface area contributed by atoms with E-state index in [1.54, 1.807) is 0 Å². The minimum absolute atomic E-state index is 1.36. The lowest BCUT2D eigenvalue weighted by atomic mass is 10.1. The molecule has 0 saturated heterocycles. The van der Waals surface area contributed by atoms with Crippen LogP contribution in [0.4, 0.5) is 35.1 Å². The van der Waals surface area contributed by atoms with E-state index in [0.717, 1.165) is 0 Å². The normalized spacial score (nSPS) is 11.8. The summed E-state index contributed by atoms with van der Waals surface area (Å²) >= 11 is 0. The van der Waals surface area contributed by atoms with Crippen LogP contribution >= 0.6 is 0 Å². The summed E-state index contributed by atoms with van der Waals surface area (Å²) in [7, 11) is 0. The molecule has 21 heavy (non-hydrogen) atoms. The summed E-state index contributed by atoms with van der Waals surface area (Å²) in [6, 6.07) is 0. The Kier molecular flexibility index (Phi) is 2.66. The van der Waals surface area contributed by atoms with Gasteiger partial charge in [0.25, 0.3) is 0 Å². The molecule has 0 unspecified atom stereocenters. The second-order valence-corrected chi connectivity index (χ2v) is 4.02. The Bertz CT molecular complexity index is 853. The first-order valence-corrected chi connectivity index (χ1v) is 5.17. The monoisotopic (exact) mass is 312 g/mol. The van der Waals surface area contributed by atoms with Crippen molar-refractivity contribution in [1.29, 1.82) is 0 Å². The molecular weight excluding hydrogens is 312 g/mol. The highest BCUT2D eigenvalue weighted by atomic mass is 19.2. The number of hydrogen-bond donors (Lipinski definition) is 0. The molecule has 0 amide bonds. The topological polar surface area (TPSA) is 13.1 Å². The van der Waals surface area contributed by atoms with E-state index < -0.39 is 68.5 Å². The van der Waals surface area contributed by atoms with Gasteiger partial charge in [-0.1, -0.05) is 0 Å². The third kappa shape index (κ3) is 1.51. The van der Waals surface area contributed by atoms with Gasteiger partial charge in [0.15, 0.2) is 34.4 Å². The lowest BCUT2D eigenvalue weighted by Crippen LogP contribution is -1.98. The summed E-state index contributed by atoms with van der Waals surface area (Å²) in [5.74, 6) is -17.6. The summed E-state index contributed by atoms with van der Waals surface area (Å²) in [5, 5.41) is -2.73. The van der Waals surface area contributed by atoms with Crippen molar-refractivity contribution in [1.82, 2.24) is 0 Å². The van der Waals surface area contributed by atoms with Crippen LogP contribution in [0.2, 0.25) is 0 Å². The molecule has 0 aliphatic heterocycles. The molecule has 0 N–H and O–H groups in total. The summed E-state index contributed by atoms with van der Waals surface area (Å²) in [5.41, 5.74) is -2.80. The third-order valence-electron chi connectivity index (χ3n) is 2.90. The molecule has 0 saturated carbocycles. The molecule has 0 fully saturated rings. The molecule has 0 bridgehead atoms. The molecule has 1 heterocycles. The maximum absolute atomic E-state index is 13.6. The Morgan fingerprint density at radius 2 is 0.667 bits per heavy atom. The predicted octanol–water partition coefficient (Wildman–Crippen LogP) is 4.70. The number of furan rings is 1. The minimum Gasteiger partial charge on any atom is -0.449 e. The van der Waals surface area contributed by atoms with Crippen molar-refractivity contribution in [2.45, 2.75) is 0 Å². The Labute approximate surface area is 109 Å².